The Balaban J connectivity index is 1.71. The SMILES string of the molecule is COc1cc(/C=C2/NC(=O)NC2=O)cc(I)c1OCC(=O)Nc1ccc(C)cc1. The molecule has 9 heteroatoms. The van der Waals surface area contributed by atoms with Crippen LogP contribution < -0.4 is 25.4 Å². The lowest BCUT2D eigenvalue weighted by Gasteiger charge is -2.14. The molecular weight excluding hydrogens is 489 g/mol. The van der Waals surface area contributed by atoms with Crippen LogP contribution in [0.25, 0.3) is 6.08 Å². The van der Waals surface area contributed by atoms with Crippen molar-refractivity contribution < 1.29 is 23.9 Å². The highest BCUT2D eigenvalue weighted by Crippen LogP contribution is 2.34. The van der Waals surface area contributed by atoms with Gasteiger partial charge >= 0.3 is 6.03 Å². The lowest BCUT2D eigenvalue weighted by molar-refractivity contribution is -0.118. The fourth-order valence-corrected chi connectivity index (χ4v) is 3.37. The summed E-state index contributed by atoms with van der Waals surface area (Å²) in [5.74, 6) is 0.00570. The minimum absolute atomic E-state index is 0.138. The van der Waals surface area contributed by atoms with Crippen molar-refractivity contribution in [3.05, 3.63) is 56.8 Å². The fourth-order valence-electron chi connectivity index (χ4n) is 2.58. The van der Waals surface area contributed by atoms with Gasteiger partial charge in [-0.25, -0.2) is 4.79 Å². The van der Waals surface area contributed by atoms with Gasteiger partial charge in [-0.05, 0) is 65.4 Å². The summed E-state index contributed by atoms with van der Waals surface area (Å²) in [6.45, 7) is 1.77. The fraction of sp³-hybridized carbons (Fsp3) is 0.150. The second kappa shape index (κ2) is 8.95. The van der Waals surface area contributed by atoms with Crippen LogP contribution >= 0.6 is 22.6 Å². The molecule has 0 aliphatic carbocycles. The van der Waals surface area contributed by atoms with Crippen LogP contribution in [-0.2, 0) is 9.59 Å². The molecule has 1 fully saturated rings. The van der Waals surface area contributed by atoms with Gasteiger partial charge in [0.1, 0.15) is 5.70 Å². The molecule has 3 N–H and O–H groups in total. The number of ether oxygens (including phenoxy) is 2. The average molecular weight is 507 g/mol. The van der Waals surface area contributed by atoms with Crippen molar-refractivity contribution in [2.75, 3.05) is 19.0 Å². The monoisotopic (exact) mass is 507 g/mol. The number of amides is 4. The zero-order chi connectivity index (χ0) is 21.0. The molecule has 4 amide bonds. The van der Waals surface area contributed by atoms with Gasteiger partial charge in [0.25, 0.3) is 11.8 Å². The van der Waals surface area contributed by atoms with Crippen LogP contribution in [0.4, 0.5) is 10.5 Å². The third kappa shape index (κ3) is 5.25. The smallest absolute Gasteiger partial charge is 0.326 e. The molecule has 150 valence electrons. The molecule has 0 aromatic heterocycles. The highest BCUT2D eigenvalue weighted by molar-refractivity contribution is 14.1. The first-order valence-corrected chi connectivity index (χ1v) is 9.64. The van der Waals surface area contributed by atoms with Crippen LogP contribution in [0.2, 0.25) is 0 Å². The van der Waals surface area contributed by atoms with E-state index in [1.807, 2.05) is 31.2 Å². The summed E-state index contributed by atoms with van der Waals surface area (Å²) in [6, 6.07) is 10.3. The number of rotatable bonds is 6. The molecule has 0 unspecified atom stereocenters. The topological polar surface area (TPSA) is 106 Å². The van der Waals surface area contributed by atoms with Crippen molar-refractivity contribution in [2.24, 2.45) is 0 Å². The molecule has 0 radical (unpaired) electrons. The van der Waals surface area contributed by atoms with E-state index in [1.165, 1.54) is 13.2 Å². The van der Waals surface area contributed by atoms with Gasteiger partial charge in [0, 0.05) is 5.69 Å². The number of nitrogens with one attached hydrogen (secondary N) is 3. The number of imide groups is 1. The molecule has 1 aliphatic rings. The quantitative estimate of drug-likeness (QED) is 0.317. The first-order chi connectivity index (χ1) is 13.9. The van der Waals surface area contributed by atoms with Crippen molar-refractivity contribution in [2.45, 2.75) is 6.92 Å². The van der Waals surface area contributed by atoms with E-state index in [4.69, 9.17) is 9.47 Å². The van der Waals surface area contributed by atoms with E-state index < -0.39 is 11.9 Å². The van der Waals surface area contributed by atoms with E-state index in [0.717, 1.165) is 5.56 Å². The average Bonchev–Trinajstić information content (AvgIpc) is 2.99. The number of anilines is 1. The summed E-state index contributed by atoms with van der Waals surface area (Å²) in [5.41, 5.74) is 2.56. The maximum atomic E-state index is 12.2. The Morgan fingerprint density at radius 2 is 1.90 bits per heavy atom. The second-order valence-electron chi connectivity index (χ2n) is 6.20. The molecule has 2 aromatic rings. The first kappa shape index (κ1) is 20.6. The standard InChI is InChI=1S/C20H18IN3O5/c1-11-3-5-13(6-4-11)22-17(25)10-29-18-14(21)7-12(9-16(18)28-2)8-15-19(26)24-20(27)23-15/h3-9H,10H2,1-2H3,(H,22,25)(H2,23,24,26,27)/b15-8+. The molecule has 8 nitrogen and oxygen atoms in total. The van der Waals surface area contributed by atoms with Crippen LogP contribution in [0.5, 0.6) is 11.5 Å². The number of hydrogen-bond donors (Lipinski definition) is 3. The zero-order valence-electron chi connectivity index (χ0n) is 15.7. The molecule has 1 heterocycles. The summed E-state index contributed by atoms with van der Waals surface area (Å²) in [5, 5.41) is 7.33. The van der Waals surface area contributed by atoms with Crippen LogP contribution in [-0.4, -0.2) is 31.6 Å². The van der Waals surface area contributed by atoms with Crippen LogP contribution in [0.3, 0.4) is 0 Å². The van der Waals surface area contributed by atoms with E-state index in [2.05, 4.69) is 38.5 Å². The van der Waals surface area contributed by atoms with Crippen LogP contribution in [0.15, 0.2) is 42.1 Å². The maximum absolute atomic E-state index is 12.2. The van der Waals surface area contributed by atoms with E-state index >= 15 is 0 Å². The largest absolute Gasteiger partial charge is 0.493 e. The van der Waals surface area contributed by atoms with E-state index in [0.29, 0.717) is 26.3 Å². The molecule has 0 bridgehead atoms. The molecule has 1 saturated heterocycles. The van der Waals surface area contributed by atoms with Gasteiger partial charge in [-0.2, -0.15) is 0 Å². The van der Waals surface area contributed by atoms with Gasteiger partial charge in [-0.3, -0.25) is 14.9 Å². The van der Waals surface area contributed by atoms with Gasteiger partial charge in [0.2, 0.25) is 0 Å². The van der Waals surface area contributed by atoms with E-state index in [9.17, 15) is 14.4 Å². The minimum atomic E-state index is -0.567. The number of hydrogen-bond acceptors (Lipinski definition) is 5. The molecule has 0 atom stereocenters. The summed E-state index contributed by atoms with van der Waals surface area (Å²) >= 11 is 2.05. The summed E-state index contributed by atoms with van der Waals surface area (Å²) in [4.78, 5) is 35.1. The lowest BCUT2D eigenvalue weighted by atomic mass is 10.1. The lowest BCUT2D eigenvalue weighted by Crippen LogP contribution is -2.22. The Kier molecular flexibility index (Phi) is 6.37. The van der Waals surface area contributed by atoms with E-state index in [1.54, 1.807) is 12.1 Å². The Morgan fingerprint density at radius 3 is 2.52 bits per heavy atom. The molecule has 3 rings (SSSR count). The number of halogens is 1. The van der Waals surface area contributed by atoms with Gasteiger partial charge in [-0.1, -0.05) is 17.7 Å². The predicted octanol–water partition coefficient (Wildman–Crippen LogP) is 2.81. The first-order valence-electron chi connectivity index (χ1n) is 8.56. The Morgan fingerprint density at radius 1 is 1.17 bits per heavy atom. The summed E-state index contributed by atoms with van der Waals surface area (Å²) in [7, 11) is 1.48. The Hall–Kier alpha value is -3.08. The summed E-state index contributed by atoms with van der Waals surface area (Å²) < 4.78 is 11.7. The second-order valence-corrected chi connectivity index (χ2v) is 7.37. The number of carbonyl (C=O) groups excluding carboxylic acids is 3. The molecule has 0 spiro atoms. The third-order valence-electron chi connectivity index (χ3n) is 3.97. The zero-order valence-corrected chi connectivity index (χ0v) is 17.8. The number of carbonyl (C=O) groups is 3. The van der Waals surface area contributed by atoms with Gasteiger partial charge in [-0.15, -0.1) is 0 Å². The van der Waals surface area contributed by atoms with Gasteiger partial charge < -0.3 is 20.1 Å². The Bertz CT molecular complexity index is 1000. The van der Waals surface area contributed by atoms with Crippen LogP contribution in [0.1, 0.15) is 11.1 Å². The number of benzene rings is 2. The van der Waals surface area contributed by atoms with Crippen molar-refractivity contribution >= 4 is 52.2 Å². The molecule has 1 aliphatic heterocycles. The highest BCUT2D eigenvalue weighted by Gasteiger charge is 2.23. The Labute approximate surface area is 180 Å². The normalized spacial score (nSPS) is 14.4. The number of methoxy groups -OCH3 is 1. The molecule has 2 aromatic carbocycles. The molecular formula is C20H18IN3O5. The maximum Gasteiger partial charge on any atom is 0.326 e. The van der Waals surface area contributed by atoms with Crippen molar-refractivity contribution in [1.29, 1.82) is 0 Å². The minimum Gasteiger partial charge on any atom is -0.493 e. The van der Waals surface area contributed by atoms with Crippen molar-refractivity contribution in [1.82, 2.24) is 10.6 Å². The molecule has 29 heavy (non-hydrogen) atoms. The van der Waals surface area contributed by atoms with Gasteiger partial charge in [0.05, 0.1) is 10.7 Å². The van der Waals surface area contributed by atoms with Gasteiger partial charge in [0.15, 0.2) is 18.1 Å². The summed E-state index contributed by atoms with van der Waals surface area (Å²) in [6.07, 6.45) is 1.53. The van der Waals surface area contributed by atoms with Crippen molar-refractivity contribution in [3.8, 4) is 11.5 Å². The van der Waals surface area contributed by atoms with E-state index in [-0.39, 0.29) is 18.2 Å². The van der Waals surface area contributed by atoms with Crippen LogP contribution in [0, 0.1) is 10.5 Å². The predicted molar refractivity (Wildman–Crippen MR) is 116 cm³/mol. The number of aryl methyl sites for hydroxylation is 1. The third-order valence-corrected chi connectivity index (χ3v) is 4.77. The number of urea groups is 1. The highest BCUT2D eigenvalue weighted by atomic mass is 127. The van der Waals surface area contributed by atoms with Crippen molar-refractivity contribution in [3.63, 3.8) is 0 Å². The molecule has 0 saturated carbocycles.